The van der Waals surface area contributed by atoms with Crippen LogP contribution in [0.5, 0.6) is 11.5 Å². The van der Waals surface area contributed by atoms with E-state index in [9.17, 15) is 4.79 Å². The van der Waals surface area contributed by atoms with Crippen LogP contribution in [-0.4, -0.2) is 27.3 Å². The molecule has 0 amide bonds. The number of thiophene rings is 1. The molecule has 2 aromatic carbocycles. The first-order valence-corrected chi connectivity index (χ1v) is 9.50. The minimum absolute atomic E-state index is 0.315. The molecule has 1 heterocycles. The molecule has 28 heavy (non-hydrogen) atoms. The number of rotatable bonds is 6. The first-order chi connectivity index (χ1) is 13.4. The van der Waals surface area contributed by atoms with Gasteiger partial charge < -0.3 is 14.2 Å². The fourth-order valence-electron chi connectivity index (χ4n) is 3.29. The molecule has 5 nitrogen and oxygen atoms in total. The van der Waals surface area contributed by atoms with Crippen LogP contribution >= 0.6 is 11.3 Å². The lowest BCUT2D eigenvalue weighted by Gasteiger charge is -2.26. The van der Waals surface area contributed by atoms with Gasteiger partial charge in [-0.15, -0.1) is 11.3 Å². The fourth-order valence-corrected chi connectivity index (χ4v) is 4.52. The monoisotopic (exact) mass is 395 g/mol. The molecule has 0 N–H and O–H groups in total. The second-order valence-corrected chi connectivity index (χ2v) is 7.82. The zero-order valence-corrected chi connectivity index (χ0v) is 17.1. The van der Waals surface area contributed by atoms with E-state index in [0.29, 0.717) is 23.5 Å². The van der Waals surface area contributed by atoms with Gasteiger partial charge in [0.1, 0.15) is 0 Å². The van der Waals surface area contributed by atoms with Crippen LogP contribution in [0.25, 0.3) is 10.1 Å². The molecular formula is C22H21NO4S. The van der Waals surface area contributed by atoms with Crippen LogP contribution in [0.3, 0.4) is 0 Å². The number of nitrogens with zero attached hydrogens (tertiary/aromatic N) is 1. The van der Waals surface area contributed by atoms with Crippen molar-refractivity contribution in [3.63, 3.8) is 0 Å². The van der Waals surface area contributed by atoms with Gasteiger partial charge >= 0.3 is 5.97 Å². The molecule has 1 aromatic heterocycles. The Bertz CT molecular complexity index is 1010. The quantitative estimate of drug-likeness (QED) is 0.576. The summed E-state index contributed by atoms with van der Waals surface area (Å²) >= 11 is 1.61. The van der Waals surface area contributed by atoms with Gasteiger partial charge in [0.05, 0.1) is 38.4 Å². The van der Waals surface area contributed by atoms with Gasteiger partial charge in [0.15, 0.2) is 11.5 Å². The molecule has 0 aliphatic carbocycles. The minimum atomic E-state index is -0.863. The highest BCUT2D eigenvalue weighted by atomic mass is 32.1. The molecule has 3 aromatic rings. The summed E-state index contributed by atoms with van der Waals surface area (Å²) in [5.41, 5.74) is 0.501. The van der Waals surface area contributed by atoms with Gasteiger partial charge in [-0.25, -0.2) is 0 Å². The number of ether oxygens (including phenoxy) is 3. The standard InChI is InChI=1S/C22H21NO4S/c1-22(21(24)27-4,16-7-5-14(13-23)6-8-16)12-17-9-15-10-18(25-2)19(26-3)11-20(15)28-17/h5-11H,12H2,1-4H3. The topological polar surface area (TPSA) is 68.6 Å². The maximum Gasteiger partial charge on any atom is 0.316 e. The third-order valence-corrected chi connectivity index (χ3v) is 5.99. The number of carbonyl (C=O) groups is 1. The number of methoxy groups -OCH3 is 3. The first-order valence-electron chi connectivity index (χ1n) is 8.68. The number of hydrogen-bond donors (Lipinski definition) is 0. The predicted molar refractivity (Wildman–Crippen MR) is 109 cm³/mol. The average molecular weight is 395 g/mol. The summed E-state index contributed by atoms with van der Waals surface area (Å²) in [6.45, 7) is 1.87. The van der Waals surface area contributed by atoms with Gasteiger partial charge in [0.2, 0.25) is 0 Å². The van der Waals surface area contributed by atoms with Crippen LogP contribution in [-0.2, 0) is 21.4 Å². The highest BCUT2D eigenvalue weighted by Gasteiger charge is 2.37. The minimum Gasteiger partial charge on any atom is -0.493 e. The molecule has 0 radical (unpaired) electrons. The Balaban J connectivity index is 2.03. The Morgan fingerprint density at radius 2 is 1.71 bits per heavy atom. The number of benzene rings is 2. The fraction of sp³-hybridized carbons (Fsp3) is 0.273. The SMILES string of the molecule is COC(=O)C(C)(Cc1cc2cc(OC)c(OC)cc2s1)c1ccc(C#N)cc1. The molecular weight excluding hydrogens is 374 g/mol. The summed E-state index contributed by atoms with van der Waals surface area (Å²) in [7, 11) is 4.61. The third-order valence-electron chi connectivity index (χ3n) is 4.89. The van der Waals surface area contributed by atoms with Crippen molar-refractivity contribution in [1.29, 1.82) is 5.26 Å². The van der Waals surface area contributed by atoms with E-state index in [1.807, 2.05) is 31.2 Å². The van der Waals surface area contributed by atoms with Crippen molar-refractivity contribution in [3.05, 3.63) is 58.5 Å². The molecule has 0 fully saturated rings. The Labute approximate surface area is 168 Å². The van der Waals surface area contributed by atoms with E-state index in [1.165, 1.54) is 7.11 Å². The second-order valence-electron chi connectivity index (χ2n) is 6.65. The van der Waals surface area contributed by atoms with Crippen molar-refractivity contribution in [1.82, 2.24) is 0 Å². The lowest BCUT2D eigenvalue weighted by atomic mass is 9.78. The van der Waals surface area contributed by atoms with Crippen LogP contribution in [0.4, 0.5) is 0 Å². The van der Waals surface area contributed by atoms with Gasteiger partial charge in [-0.05, 0) is 42.1 Å². The highest BCUT2D eigenvalue weighted by Crippen LogP contribution is 2.39. The van der Waals surface area contributed by atoms with Crippen LogP contribution in [0.2, 0.25) is 0 Å². The van der Waals surface area contributed by atoms with Crippen molar-refractivity contribution in [2.24, 2.45) is 0 Å². The van der Waals surface area contributed by atoms with E-state index in [2.05, 4.69) is 12.1 Å². The predicted octanol–water partition coefficient (Wildman–Crippen LogP) is 4.46. The van der Waals surface area contributed by atoms with E-state index in [4.69, 9.17) is 19.5 Å². The highest BCUT2D eigenvalue weighted by molar-refractivity contribution is 7.19. The van der Waals surface area contributed by atoms with E-state index < -0.39 is 5.41 Å². The summed E-state index contributed by atoms with van der Waals surface area (Å²) < 4.78 is 16.9. The molecule has 0 spiro atoms. The molecule has 0 bridgehead atoms. The Morgan fingerprint density at radius 1 is 1.07 bits per heavy atom. The summed E-state index contributed by atoms with van der Waals surface area (Å²) in [4.78, 5) is 13.7. The molecule has 6 heteroatoms. The number of fused-ring (bicyclic) bond motifs is 1. The van der Waals surface area contributed by atoms with Crippen molar-refractivity contribution >= 4 is 27.4 Å². The van der Waals surface area contributed by atoms with Crippen LogP contribution in [0.1, 0.15) is 22.9 Å². The third kappa shape index (κ3) is 3.54. The van der Waals surface area contributed by atoms with E-state index in [0.717, 1.165) is 20.5 Å². The molecule has 0 aliphatic rings. The maximum atomic E-state index is 12.7. The zero-order chi connectivity index (χ0) is 20.3. The summed E-state index contributed by atoms with van der Waals surface area (Å²) in [6, 6.07) is 15.1. The van der Waals surface area contributed by atoms with Gasteiger partial charge in [-0.2, -0.15) is 5.26 Å². The molecule has 1 unspecified atom stereocenters. The van der Waals surface area contributed by atoms with Crippen molar-refractivity contribution in [2.75, 3.05) is 21.3 Å². The van der Waals surface area contributed by atoms with E-state index in [-0.39, 0.29) is 5.97 Å². The largest absolute Gasteiger partial charge is 0.493 e. The second kappa shape index (κ2) is 7.91. The smallest absolute Gasteiger partial charge is 0.316 e. The Hall–Kier alpha value is -3.04. The molecule has 1 atom stereocenters. The molecule has 0 saturated carbocycles. The number of hydrogen-bond acceptors (Lipinski definition) is 6. The molecule has 3 rings (SSSR count). The van der Waals surface area contributed by atoms with Gasteiger partial charge in [-0.3, -0.25) is 4.79 Å². The maximum absolute atomic E-state index is 12.7. The first kappa shape index (κ1) is 19.7. The lowest BCUT2D eigenvalue weighted by molar-refractivity contribution is -0.146. The lowest BCUT2D eigenvalue weighted by Crippen LogP contribution is -2.35. The van der Waals surface area contributed by atoms with Crippen molar-refractivity contribution in [3.8, 4) is 17.6 Å². The number of nitriles is 1. The molecule has 0 saturated heterocycles. The van der Waals surface area contributed by atoms with Crippen LogP contribution < -0.4 is 9.47 Å². The normalized spacial score (nSPS) is 12.8. The Morgan fingerprint density at radius 3 is 2.29 bits per heavy atom. The van der Waals surface area contributed by atoms with Gasteiger partial charge in [0, 0.05) is 22.1 Å². The number of esters is 1. The van der Waals surface area contributed by atoms with E-state index in [1.54, 1.807) is 37.7 Å². The zero-order valence-electron chi connectivity index (χ0n) is 16.2. The summed E-state index contributed by atoms with van der Waals surface area (Å²) in [5.74, 6) is 1.03. The van der Waals surface area contributed by atoms with Crippen LogP contribution in [0, 0.1) is 11.3 Å². The van der Waals surface area contributed by atoms with Gasteiger partial charge in [-0.1, -0.05) is 12.1 Å². The number of carbonyl (C=O) groups excluding carboxylic acids is 1. The molecule has 0 aliphatic heterocycles. The molecule has 144 valence electrons. The average Bonchev–Trinajstić information content (AvgIpc) is 3.12. The van der Waals surface area contributed by atoms with Crippen molar-refractivity contribution in [2.45, 2.75) is 18.8 Å². The Kier molecular flexibility index (Phi) is 5.57. The van der Waals surface area contributed by atoms with E-state index >= 15 is 0 Å². The van der Waals surface area contributed by atoms with Gasteiger partial charge in [0.25, 0.3) is 0 Å². The van der Waals surface area contributed by atoms with Crippen molar-refractivity contribution < 1.29 is 19.0 Å². The summed E-state index contributed by atoms with van der Waals surface area (Å²) in [6.07, 6.45) is 0.482. The summed E-state index contributed by atoms with van der Waals surface area (Å²) in [5, 5.41) is 10.1. The van der Waals surface area contributed by atoms with Crippen LogP contribution in [0.15, 0.2) is 42.5 Å².